The van der Waals surface area contributed by atoms with Crippen LogP contribution >= 0.6 is 0 Å². The highest BCUT2D eigenvalue weighted by Gasteiger charge is 2.25. The molecule has 0 aromatic heterocycles. The molecule has 2 atom stereocenters. The predicted octanol–water partition coefficient (Wildman–Crippen LogP) is -0.881. The van der Waals surface area contributed by atoms with E-state index >= 15 is 0 Å². The Morgan fingerprint density at radius 2 is 2.00 bits per heavy atom. The minimum absolute atomic E-state index is 0.525. The van der Waals surface area contributed by atoms with Gasteiger partial charge in [-0.1, -0.05) is 0 Å². The highest BCUT2D eigenvalue weighted by molar-refractivity contribution is 5.82. The first-order valence-corrected chi connectivity index (χ1v) is 2.51. The summed E-state index contributed by atoms with van der Waals surface area (Å²) in [6, 6.07) is -1.50. The van der Waals surface area contributed by atoms with E-state index in [0.717, 1.165) is 0 Å². The van der Waals surface area contributed by atoms with Gasteiger partial charge in [-0.2, -0.15) is 0 Å². The van der Waals surface area contributed by atoms with Crippen molar-refractivity contribution in [3.63, 3.8) is 0 Å². The number of aliphatic carboxylic acids is 2. The molecule has 58 valence electrons. The molecule has 0 amide bonds. The molecule has 0 spiro atoms. The molecule has 0 unspecified atom stereocenters. The van der Waals surface area contributed by atoms with Crippen LogP contribution in [0.15, 0.2) is 0 Å². The summed E-state index contributed by atoms with van der Waals surface area (Å²) in [6.07, 6.45) is 0. The monoisotopic (exact) mass is 148 g/mol. The van der Waals surface area contributed by atoms with E-state index in [2.05, 4.69) is 0 Å². The van der Waals surface area contributed by atoms with Crippen LogP contribution in [0.5, 0.6) is 0 Å². The average molecular weight is 148 g/mol. The van der Waals surface area contributed by atoms with Crippen LogP contribution in [0.25, 0.3) is 0 Å². The molecule has 0 fully saturated rings. The molecular formula is C5H9NO4. The van der Waals surface area contributed by atoms with Gasteiger partial charge in [0.2, 0.25) is 0 Å². The maximum Gasteiger partial charge on any atom is 0.321 e. The van der Waals surface area contributed by atoms with Crippen LogP contribution in [0, 0.1) is 5.92 Å². The van der Waals surface area contributed by atoms with E-state index in [0.29, 0.717) is 0 Å². The summed E-state index contributed by atoms with van der Waals surface area (Å²) >= 11 is 0. The van der Waals surface area contributed by atoms with Gasteiger partial charge < -0.3 is 15.9 Å². The molecule has 5 nitrogen and oxygen atoms in total. The molecule has 4 N–H and O–H groups in total. The molecule has 0 heterocycles. The van der Waals surface area contributed by atoms with Gasteiger partial charge >= 0.3 is 11.9 Å². The fourth-order valence-corrected chi connectivity index (χ4v) is 0.326. The van der Waals surface area contributed by atoms with E-state index < -0.39 is 30.8 Å². The van der Waals surface area contributed by atoms with E-state index in [1.165, 1.54) is 0 Å². The quantitative estimate of drug-likeness (QED) is 0.482. The Morgan fingerprint density at radius 1 is 1.50 bits per heavy atom. The van der Waals surface area contributed by atoms with Gasteiger partial charge in [0.15, 0.2) is 0 Å². The summed E-state index contributed by atoms with van der Waals surface area (Å²) in [7, 11) is 0. The Bertz CT molecular complexity index is 172. The van der Waals surface area contributed by atoms with Crippen LogP contribution in [0.4, 0.5) is 0 Å². The third-order valence-corrected chi connectivity index (χ3v) is 1.04. The zero-order valence-electron chi connectivity index (χ0n) is 6.15. The molecule has 0 rings (SSSR count). The van der Waals surface area contributed by atoms with Crippen molar-refractivity contribution in [3.8, 4) is 0 Å². The van der Waals surface area contributed by atoms with Crippen molar-refractivity contribution in [1.29, 1.82) is 0 Å². The summed E-state index contributed by atoms with van der Waals surface area (Å²) in [6.45, 7) is -0.525. The van der Waals surface area contributed by atoms with Gasteiger partial charge in [-0.15, -0.1) is 0 Å². The van der Waals surface area contributed by atoms with Crippen molar-refractivity contribution >= 4 is 11.9 Å². The van der Waals surface area contributed by atoms with Crippen LogP contribution in [-0.2, 0) is 9.59 Å². The minimum atomic E-state index is -1.50. The number of hydrogen-bond acceptors (Lipinski definition) is 3. The lowest BCUT2D eigenvalue weighted by molar-refractivity contribution is -0.149. The molecule has 0 saturated carbocycles. The maximum atomic E-state index is 10.2. The van der Waals surface area contributed by atoms with E-state index in [1.54, 1.807) is 0 Å². The molecule has 0 aliphatic heterocycles. The number of nitrogens with two attached hydrogens (primary N) is 1. The maximum absolute atomic E-state index is 10.2. The lowest BCUT2D eigenvalue weighted by atomic mass is 10.0. The predicted molar refractivity (Wildman–Crippen MR) is 32.4 cm³/mol. The second-order valence-electron chi connectivity index (χ2n) is 1.81. The Balaban J connectivity index is 4.25. The SMILES string of the molecule is [2H]C[C@H](C(=O)O)[C@@H](N)C(=O)O. The van der Waals surface area contributed by atoms with Crippen molar-refractivity contribution in [3.05, 3.63) is 0 Å². The van der Waals surface area contributed by atoms with Crippen molar-refractivity contribution in [2.24, 2.45) is 11.7 Å². The van der Waals surface area contributed by atoms with Gasteiger partial charge in [-0.25, -0.2) is 0 Å². The zero-order chi connectivity index (χ0) is 9.02. The zero-order valence-corrected chi connectivity index (χ0v) is 5.15. The first kappa shape index (κ1) is 7.01. The van der Waals surface area contributed by atoms with Gasteiger partial charge in [0, 0.05) is 1.37 Å². The molecule has 10 heavy (non-hydrogen) atoms. The normalized spacial score (nSPS) is 17.1. The minimum Gasteiger partial charge on any atom is -0.481 e. The Hall–Kier alpha value is -1.10. The fraction of sp³-hybridized carbons (Fsp3) is 0.600. The lowest BCUT2D eigenvalue weighted by Gasteiger charge is -2.09. The first-order chi connectivity index (χ1) is 5.00. The smallest absolute Gasteiger partial charge is 0.321 e. The van der Waals surface area contributed by atoms with Gasteiger partial charge in [-0.05, 0) is 6.90 Å². The van der Waals surface area contributed by atoms with E-state index in [9.17, 15) is 9.59 Å². The number of rotatable bonds is 3. The molecule has 0 saturated heterocycles. The van der Waals surface area contributed by atoms with Gasteiger partial charge in [0.1, 0.15) is 6.04 Å². The average Bonchev–Trinajstić information content (AvgIpc) is 1.88. The molecule has 5 heteroatoms. The van der Waals surface area contributed by atoms with E-state index in [-0.39, 0.29) is 0 Å². The van der Waals surface area contributed by atoms with Crippen molar-refractivity contribution in [2.45, 2.75) is 12.9 Å². The molecule has 0 radical (unpaired) electrons. The summed E-state index contributed by atoms with van der Waals surface area (Å²) in [5.41, 5.74) is 4.97. The lowest BCUT2D eigenvalue weighted by Crippen LogP contribution is -2.40. The summed E-state index contributed by atoms with van der Waals surface area (Å²) < 4.78 is 6.69. The Labute approximate surface area is 58.9 Å². The number of carboxylic acid groups (broad SMARTS) is 2. The van der Waals surface area contributed by atoms with Gasteiger partial charge in [-0.3, -0.25) is 9.59 Å². The van der Waals surface area contributed by atoms with Crippen molar-refractivity contribution in [2.75, 3.05) is 0 Å². The van der Waals surface area contributed by atoms with Crippen molar-refractivity contribution < 1.29 is 21.2 Å². The molecule has 0 aliphatic rings. The third-order valence-electron chi connectivity index (χ3n) is 1.04. The largest absolute Gasteiger partial charge is 0.481 e. The topological polar surface area (TPSA) is 101 Å². The van der Waals surface area contributed by atoms with Crippen molar-refractivity contribution in [1.82, 2.24) is 0 Å². The first-order valence-electron chi connectivity index (χ1n) is 3.21. The Morgan fingerprint density at radius 3 is 2.10 bits per heavy atom. The Kier molecular flexibility index (Phi) is 2.22. The van der Waals surface area contributed by atoms with Crippen LogP contribution in [-0.4, -0.2) is 28.2 Å². The van der Waals surface area contributed by atoms with Gasteiger partial charge in [0.25, 0.3) is 0 Å². The van der Waals surface area contributed by atoms with Crippen LogP contribution < -0.4 is 5.73 Å². The second kappa shape index (κ2) is 3.17. The molecule has 0 aliphatic carbocycles. The van der Waals surface area contributed by atoms with Crippen LogP contribution in [0.1, 0.15) is 8.27 Å². The number of carboxylic acids is 2. The van der Waals surface area contributed by atoms with Crippen LogP contribution in [0.3, 0.4) is 0 Å². The summed E-state index contributed by atoms with van der Waals surface area (Å²) in [4.78, 5) is 20.3. The van der Waals surface area contributed by atoms with E-state index in [1.807, 2.05) is 0 Å². The highest BCUT2D eigenvalue weighted by atomic mass is 16.4. The molecular weight excluding hydrogens is 138 g/mol. The van der Waals surface area contributed by atoms with E-state index in [4.69, 9.17) is 17.3 Å². The standard InChI is InChI=1S/C5H9NO4/c1-2(4(7)8)3(6)5(9)10/h2-3H,6H2,1H3,(H,7,8)(H,9,10)/t2-,3+/m0/s1/i1D. The fourth-order valence-electron chi connectivity index (χ4n) is 0.326. The number of carbonyl (C=O) groups is 2. The molecule has 0 aromatic rings. The summed E-state index contributed by atoms with van der Waals surface area (Å²) in [5.74, 6) is -4.08. The van der Waals surface area contributed by atoms with Crippen LogP contribution in [0.2, 0.25) is 0 Å². The molecule has 0 bridgehead atoms. The second-order valence-corrected chi connectivity index (χ2v) is 1.81. The number of hydrogen-bond donors (Lipinski definition) is 3. The molecule has 0 aromatic carbocycles. The third kappa shape index (κ3) is 2.02. The summed E-state index contributed by atoms with van der Waals surface area (Å²) in [5, 5.41) is 16.6. The highest BCUT2D eigenvalue weighted by Crippen LogP contribution is 1.99. The van der Waals surface area contributed by atoms with Gasteiger partial charge in [0.05, 0.1) is 5.92 Å².